The molecule has 0 saturated carbocycles. The normalized spacial score (nSPS) is 18.8. The summed E-state index contributed by atoms with van der Waals surface area (Å²) in [5.41, 5.74) is 5.77. The molecule has 0 saturated heterocycles. The van der Waals surface area contributed by atoms with Crippen molar-refractivity contribution in [3.63, 3.8) is 0 Å². The summed E-state index contributed by atoms with van der Waals surface area (Å²) in [6.45, 7) is 5.00. The molecule has 2 atom stereocenters. The first kappa shape index (κ1) is 13.9. The van der Waals surface area contributed by atoms with E-state index in [-0.39, 0.29) is 12.0 Å². The Morgan fingerprint density at radius 2 is 2.05 bits per heavy atom. The fraction of sp³-hybridized carbons (Fsp3) is 0.467. The van der Waals surface area contributed by atoms with Crippen molar-refractivity contribution in [1.82, 2.24) is 10.1 Å². The summed E-state index contributed by atoms with van der Waals surface area (Å²) in [5.74, 6) is 2.89. The molecule has 0 bridgehead atoms. The van der Waals surface area contributed by atoms with E-state index in [1.54, 1.807) is 0 Å². The van der Waals surface area contributed by atoms with Gasteiger partial charge in [-0.2, -0.15) is 4.98 Å². The van der Waals surface area contributed by atoms with E-state index >= 15 is 0 Å². The molecule has 0 radical (unpaired) electrons. The molecule has 1 aromatic carbocycles. The number of para-hydroxylation sites is 2. The molecule has 6 nitrogen and oxygen atoms in total. The van der Waals surface area contributed by atoms with Gasteiger partial charge in [-0.1, -0.05) is 31.1 Å². The Hall–Kier alpha value is -2.08. The number of hydrogen-bond acceptors (Lipinski definition) is 6. The summed E-state index contributed by atoms with van der Waals surface area (Å²) in [6, 6.07) is 7.54. The first-order valence-corrected chi connectivity index (χ1v) is 7.11. The Balaban J connectivity index is 1.79. The fourth-order valence-electron chi connectivity index (χ4n) is 2.33. The molecule has 2 aromatic rings. The number of benzene rings is 1. The van der Waals surface area contributed by atoms with Crippen LogP contribution < -0.4 is 15.2 Å². The quantitative estimate of drug-likeness (QED) is 0.929. The highest BCUT2D eigenvalue weighted by Crippen LogP contribution is 2.35. The number of ether oxygens (including phenoxy) is 2. The van der Waals surface area contributed by atoms with E-state index in [2.05, 4.69) is 24.0 Å². The summed E-state index contributed by atoms with van der Waals surface area (Å²) in [7, 11) is 0. The second kappa shape index (κ2) is 5.73. The van der Waals surface area contributed by atoms with E-state index in [0.717, 1.165) is 5.75 Å². The van der Waals surface area contributed by atoms with Gasteiger partial charge >= 0.3 is 0 Å². The molecule has 1 aromatic heterocycles. The zero-order valence-corrected chi connectivity index (χ0v) is 12.2. The van der Waals surface area contributed by atoms with E-state index in [4.69, 9.17) is 19.7 Å². The summed E-state index contributed by atoms with van der Waals surface area (Å²) >= 11 is 0. The van der Waals surface area contributed by atoms with Gasteiger partial charge in [0.2, 0.25) is 11.7 Å². The van der Waals surface area contributed by atoms with E-state index in [1.807, 2.05) is 24.3 Å². The molecular formula is C15H19N3O3. The van der Waals surface area contributed by atoms with Gasteiger partial charge in [0, 0.05) is 6.54 Å². The Kier molecular flexibility index (Phi) is 3.79. The van der Waals surface area contributed by atoms with Crippen LogP contribution in [0.4, 0.5) is 0 Å². The van der Waals surface area contributed by atoms with Crippen molar-refractivity contribution in [2.75, 3.05) is 13.2 Å². The van der Waals surface area contributed by atoms with Crippen LogP contribution in [0.15, 0.2) is 28.8 Å². The maximum atomic E-state index is 5.86. The van der Waals surface area contributed by atoms with Gasteiger partial charge in [-0.15, -0.1) is 0 Å². The molecule has 1 aliphatic heterocycles. The minimum absolute atomic E-state index is 0.0584. The highest BCUT2D eigenvalue weighted by Gasteiger charge is 2.29. The van der Waals surface area contributed by atoms with E-state index < -0.39 is 0 Å². The number of rotatable bonds is 4. The number of hydrogen-bond donors (Lipinski definition) is 1. The highest BCUT2D eigenvalue weighted by molar-refractivity contribution is 5.40. The molecular weight excluding hydrogens is 270 g/mol. The topological polar surface area (TPSA) is 83.4 Å². The van der Waals surface area contributed by atoms with Crippen molar-refractivity contribution >= 4 is 0 Å². The van der Waals surface area contributed by atoms with Gasteiger partial charge in [0.1, 0.15) is 6.61 Å². The molecule has 6 heteroatoms. The van der Waals surface area contributed by atoms with Gasteiger partial charge in [0.15, 0.2) is 17.6 Å². The summed E-state index contributed by atoms with van der Waals surface area (Å²) in [4.78, 5) is 4.44. The van der Waals surface area contributed by atoms with Crippen LogP contribution in [0.2, 0.25) is 0 Å². The average molecular weight is 289 g/mol. The van der Waals surface area contributed by atoms with Crippen LogP contribution in [0.5, 0.6) is 11.5 Å². The van der Waals surface area contributed by atoms with E-state index in [1.165, 1.54) is 0 Å². The number of fused-ring (bicyclic) bond motifs is 1. The predicted molar refractivity (Wildman–Crippen MR) is 76.2 cm³/mol. The van der Waals surface area contributed by atoms with Gasteiger partial charge in [0.05, 0.1) is 5.92 Å². The van der Waals surface area contributed by atoms with Crippen LogP contribution in [-0.4, -0.2) is 23.3 Å². The molecule has 2 heterocycles. The Labute approximate surface area is 123 Å². The molecule has 3 rings (SSSR count). The van der Waals surface area contributed by atoms with Gasteiger partial charge in [-0.3, -0.25) is 0 Å². The maximum absolute atomic E-state index is 5.86. The lowest BCUT2D eigenvalue weighted by molar-refractivity contribution is 0.0832. The van der Waals surface area contributed by atoms with Gasteiger partial charge in [-0.25, -0.2) is 0 Å². The third kappa shape index (κ3) is 2.71. The lowest BCUT2D eigenvalue weighted by Gasteiger charge is -2.24. The molecule has 0 amide bonds. The third-order valence-electron chi connectivity index (χ3n) is 3.63. The van der Waals surface area contributed by atoms with Crippen LogP contribution in [0.25, 0.3) is 0 Å². The average Bonchev–Trinajstić information content (AvgIpc) is 2.96. The van der Waals surface area contributed by atoms with E-state index in [9.17, 15) is 0 Å². The number of nitrogens with two attached hydrogens (primary N) is 1. The van der Waals surface area contributed by atoms with Gasteiger partial charge < -0.3 is 19.7 Å². The molecule has 0 spiro atoms. The molecule has 2 unspecified atom stereocenters. The molecule has 0 fully saturated rings. The van der Waals surface area contributed by atoms with Crippen LogP contribution in [0, 0.1) is 5.92 Å². The lowest BCUT2D eigenvalue weighted by Crippen LogP contribution is -2.23. The minimum atomic E-state index is -0.358. The van der Waals surface area contributed by atoms with Crippen LogP contribution in [0.1, 0.15) is 37.6 Å². The largest absolute Gasteiger partial charge is 0.485 e. The Morgan fingerprint density at radius 1 is 1.29 bits per heavy atom. The number of aromatic nitrogens is 2. The first-order valence-electron chi connectivity index (χ1n) is 7.11. The molecule has 2 N–H and O–H groups in total. The lowest BCUT2D eigenvalue weighted by atomic mass is 9.96. The monoisotopic (exact) mass is 289 g/mol. The molecule has 112 valence electrons. The van der Waals surface area contributed by atoms with Crippen molar-refractivity contribution in [3.8, 4) is 11.5 Å². The van der Waals surface area contributed by atoms with Gasteiger partial charge in [-0.05, 0) is 18.1 Å². The zero-order valence-electron chi connectivity index (χ0n) is 12.2. The Bertz CT molecular complexity index is 612. The molecule has 1 aliphatic rings. The SMILES string of the molecule is CC(C)C(CN)c1nc(C2COc3ccccc3O2)no1. The maximum Gasteiger partial charge on any atom is 0.231 e. The third-order valence-corrected chi connectivity index (χ3v) is 3.63. The number of nitrogens with zero attached hydrogens (tertiary/aromatic N) is 2. The molecule has 0 aliphatic carbocycles. The second-order valence-corrected chi connectivity index (χ2v) is 5.44. The van der Waals surface area contributed by atoms with Crippen molar-refractivity contribution in [2.24, 2.45) is 11.7 Å². The Morgan fingerprint density at radius 3 is 2.76 bits per heavy atom. The standard InChI is InChI=1S/C15H19N3O3/c1-9(2)10(7-16)15-17-14(18-21-15)13-8-19-11-5-3-4-6-12(11)20-13/h3-6,9-10,13H,7-8,16H2,1-2H3. The van der Waals surface area contributed by atoms with Crippen molar-refractivity contribution in [1.29, 1.82) is 0 Å². The first-order chi connectivity index (χ1) is 10.2. The van der Waals surface area contributed by atoms with Crippen molar-refractivity contribution < 1.29 is 14.0 Å². The molecule has 21 heavy (non-hydrogen) atoms. The zero-order chi connectivity index (χ0) is 14.8. The summed E-state index contributed by atoms with van der Waals surface area (Å²) in [5, 5.41) is 4.02. The van der Waals surface area contributed by atoms with E-state index in [0.29, 0.717) is 36.5 Å². The van der Waals surface area contributed by atoms with Gasteiger partial charge in [0.25, 0.3) is 0 Å². The van der Waals surface area contributed by atoms with Crippen LogP contribution >= 0.6 is 0 Å². The van der Waals surface area contributed by atoms with Crippen LogP contribution in [0.3, 0.4) is 0 Å². The summed E-state index contributed by atoms with van der Waals surface area (Å²) in [6.07, 6.45) is -0.358. The van der Waals surface area contributed by atoms with Crippen LogP contribution in [-0.2, 0) is 0 Å². The minimum Gasteiger partial charge on any atom is -0.485 e. The summed E-state index contributed by atoms with van der Waals surface area (Å²) < 4.78 is 16.9. The fourth-order valence-corrected chi connectivity index (χ4v) is 2.33. The second-order valence-electron chi connectivity index (χ2n) is 5.44. The predicted octanol–water partition coefficient (Wildman–Crippen LogP) is 2.28. The highest BCUT2D eigenvalue weighted by atomic mass is 16.6. The van der Waals surface area contributed by atoms with Crippen molar-refractivity contribution in [3.05, 3.63) is 36.0 Å². The van der Waals surface area contributed by atoms with Crippen molar-refractivity contribution in [2.45, 2.75) is 25.9 Å². The smallest absolute Gasteiger partial charge is 0.231 e.